The monoisotopic (exact) mass is 341 g/mol. The SMILES string of the molecule is NC(=O)C1CCN(C2CN(S(=O)(=O)c3cccc(F)c3)C2)CC1. The molecule has 2 fully saturated rings. The normalized spacial score (nSPS) is 22.0. The summed E-state index contributed by atoms with van der Waals surface area (Å²) in [6, 6.07) is 5.23. The van der Waals surface area contributed by atoms with Crippen LogP contribution in [-0.2, 0) is 14.8 Å². The van der Waals surface area contributed by atoms with Crippen molar-refractivity contribution in [2.75, 3.05) is 26.2 Å². The largest absolute Gasteiger partial charge is 0.369 e. The highest BCUT2D eigenvalue weighted by Crippen LogP contribution is 2.27. The molecular formula is C15H20FN3O3S. The van der Waals surface area contributed by atoms with E-state index in [-0.39, 0.29) is 22.8 Å². The van der Waals surface area contributed by atoms with E-state index in [1.54, 1.807) is 0 Å². The van der Waals surface area contributed by atoms with Crippen molar-refractivity contribution in [3.05, 3.63) is 30.1 Å². The maximum Gasteiger partial charge on any atom is 0.243 e. The quantitative estimate of drug-likeness (QED) is 0.859. The lowest BCUT2D eigenvalue weighted by Crippen LogP contribution is -2.62. The van der Waals surface area contributed by atoms with Gasteiger partial charge in [-0.3, -0.25) is 9.69 Å². The molecule has 1 aromatic rings. The van der Waals surface area contributed by atoms with Crippen LogP contribution >= 0.6 is 0 Å². The van der Waals surface area contributed by atoms with Gasteiger partial charge in [-0.05, 0) is 44.1 Å². The maximum absolute atomic E-state index is 13.2. The molecule has 0 radical (unpaired) electrons. The van der Waals surface area contributed by atoms with Gasteiger partial charge in [0.1, 0.15) is 5.82 Å². The number of likely N-dealkylation sites (tertiary alicyclic amines) is 1. The molecule has 2 aliphatic heterocycles. The predicted octanol–water partition coefficient (Wildman–Crippen LogP) is 0.396. The Morgan fingerprint density at radius 2 is 1.87 bits per heavy atom. The van der Waals surface area contributed by atoms with Gasteiger partial charge in [0.15, 0.2) is 0 Å². The first-order chi connectivity index (χ1) is 10.9. The fourth-order valence-electron chi connectivity index (χ4n) is 3.17. The van der Waals surface area contributed by atoms with Crippen molar-refractivity contribution in [2.24, 2.45) is 11.7 Å². The number of amides is 1. The van der Waals surface area contributed by atoms with E-state index in [9.17, 15) is 17.6 Å². The van der Waals surface area contributed by atoms with Gasteiger partial charge in [0.2, 0.25) is 15.9 Å². The first-order valence-corrected chi connectivity index (χ1v) is 9.11. The molecule has 0 aromatic heterocycles. The number of carbonyl (C=O) groups is 1. The van der Waals surface area contributed by atoms with E-state index in [0.29, 0.717) is 13.1 Å². The molecule has 0 aliphatic carbocycles. The smallest absolute Gasteiger partial charge is 0.243 e. The molecule has 126 valence electrons. The van der Waals surface area contributed by atoms with Gasteiger partial charge in [0.25, 0.3) is 0 Å². The fraction of sp³-hybridized carbons (Fsp3) is 0.533. The van der Waals surface area contributed by atoms with Crippen LogP contribution in [0.25, 0.3) is 0 Å². The molecule has 0 spiro atoms. The van der Waals surface area contributed by atoms with E-state index in [1.165, 1.54) is 22.5 Å². The average molecular weight is 341 g/mol. The molecule has 2 N–H and O–H groups in total. The Labute approximate surface area is 135 Å². The molecule has 2 saturated heterocycles. The van der Waals surface area contributed by atoms with E-state index in [2.05, 4.69) is 4.90 Å². The first-order valence-electron chi connectivity index (χ1n) is 7.67. The summed E-state index contributed by atoms with van der Waals surface area (Å²) in [5, 5.41) is 0. The van der Waals surface area contributed by atoms with Crippen molar-refractivity contribution in [3.8, 4) is 0 Å². The van der Waals surface area contributed by atoms with Crippen molar-refractivity contribution in [1.82, 2.24) is 9.21 Å². The third-order valence-corrected chi connectivity index (χ3v) is 6.54. The Morgan fingerprint density at radius 1 is 1.22 bits per heavy atom. The molecular weight excluding hydrogens is 321 g/mol. The van der Waals surface area contributed by atoms with E-state index in [0.717, 1.165) is 32.0 Å². The Balaban J connectivity index is 1.58. The molecule has 2 heterocycles. The maximum atomic E-state index is 13.2. The molecule has 0 saturated carbocycles. The minimum atomic E-state index is -3.63. The molecule has 23 heavy (non-hydrogen) atoms. The number of nitrogens with zero attached hydrogens (tertiary/aromatic N) is 2. The minimum Gasteiger partial charge on any atom is -0.369 e. The highest BCUT2D eigenvalue weighted by molar-refractivity contribution is 7.89. The van der Waals surface area contributed by atoms with Crippen LogP contribution in [0.15, 0.2) is 29.2 Å². The van der Waals surface area contributed by atoms with Crippen molar-refractivity contribution >= 4 is 15.9 Å². The van der Waals surface area contributed by atoms with Crippen LogP contribution in [-0.4, -0.2) is 55.8 Å². The molecule has 0 unspecified atom stereocenters. The number of benzene rings is 1. The van der Waals surface area contributed by atoms with Crippen LogP contribution in [0.1, 0.15) is 12.8 Å². The average Bonchev–Trinajstić information content (AvgIpc) is 2.46. The van der Waals surface area contributed by atoms with E-state index < -0.39 is 15.8 Å². The third kappa shape index (κ3) is 3.24. The summed E-state index contributed by atoms with van der Waals surface area (Å²) in [5.74, 6) is -0.885. The molecule has 1 aromatic carbocycles. The highest BCUT2D eigenvalue weighted by atomic mass is 32.2. The number of nitrogens with two attached hydrogens (primary N) is 1. The van der Waals surface area contributed by atoms with Gasteiger partial charge in [-0.25, -0.2) is 12.8 Å². The van der Waals surface area contributed by atoms with Gasteiger partial charge in [-0.2, -0.15) is 4.31 Å². The van der Waals surface area contributed by atoms with E-state index >= 15 is 0 Å². The highest BCUT2D eigenvalue weighted by Gasteiger charge is 2.40. The summed E-state index contributed by atoms with van der Waals surface area (Å²) in [5.41, 5.74) is 5.32. The van der Waals surface area contributed by atoms with E-state index in [1.807, 2.05) is 0 Å². The molecule has 0 atom stereocenters. The summed E-state index contributed by atoms with van der Waals surface area (Å²) in [6.07, 6.45) is 1.45. The Kier molecular flexibility index (Phi) is 4.39. The number of hydrogen-bond donors (Lipinski definition) is 1. The summed E-state index contributed by atoms with van der Waals surface area (Å²) in [4.78, 5) is 13.4. The number of hydrogen-bond acceptors (Lipinski definition) is 4. The van der Waals surface area contributed by atoms with Crippen LogP contribution in [0.5, 0.6) is 0 Å². The molecule has 6 nitrogen and oxygen atoms in total. The predicted molar refractivity (Wildman–Crippen MR) is 82.4 cm³/mol. The summed E-state index contributed by atoms with van der Waals surface area (Å²) in [6.45, 7) is 2.32. The number of halogens is 1. The zero-order valence-corrected chi connectivity index (χ0v) is 13.5. The Hall–Kier alpha value is -1.51. The van der Waals surface area contributed by atoms with Crippen LogP contribution in [0, 0.1) is 11.7 Å². The number of carbonyl (C=O) groups excluding carboxylic acids is 1. The number of piperidine rings is 1. The zero-order valence-electron chi connectivity index (χ0n) is 12.7. The Morgan fingerprint density at radius 3 is 2.43 bits per heavy atom. The molecule has 0 bridgehead atoms. The van der Waals surface area contributed by atoms with Crippen LogP contribution in [0.2, 0.25) is 0 Å². The van der Waals surface area contributed by atoms with Crippen molar-refractivity contribution < 1.29 is 17.6 Å². The van der Waals surface area contributed by atoms with Crippen molar-refractivity contribution in [2.45, 2.75) is 23.8 Å². The second kappa shape index (κ2) is 6.18. The third-order valence-electron chi connectivity index (χ3n) is 4.71. The number of primary amides is 1. The van der Waals surface area contributed by atoms with Crippen molar-refractivity contribution in [3.63, 3.8) is 0 Å². The molecule has 2 aliphatic rings. The second-order valence-corrected chi connectivity index (χ2v) is 8.08. The molecule has 3 rings (SSSR count). The van der Waals surface area contributed by atoms with Crippen LogP contribution in [0.3, 0.4) is 0 Å². The molecule has 1 amide bonds. The standard InChI is InChI=1S/C15H20FN3O3S/c16-12-2-1-3-14(8-12)23(21,22)19-9-13(10-19)18-6-4-11(5-7-18)15(17)20/h1-3,8,11,13H,4-7,9-10H2,(H2,17,20). The van der Waals surface area contributed by atoms with Gasteiger partial charge >= 0.3 is 0 Å². The summed E-state index contributed by atoms with van der Waals surface area (Å²) in [7, 11) is -3.63. The van der Waals surface area contributed by atoms with Crippen LogP contribution in [0.4, 0.5) is 4.39 Å². The van der Waals surface area contributed by atoms with Gasteiger partial charge < -0.3 is 5.73 Å². The zero-order chi connectivity index (χ0) is 16.6. The molecule has 8 heteroatoms. The topological polar surface area (TPSA) is 83.7 Å². The van der Waals surface area contributed by atoms with Gasteiger partial charge in [-0.15, -0.1) is 0 Å². The van der Waals surface area contributed by atoms with Gasteiger partial charge in [0.05, 0.1) is 4.90 Å². The van der Waals surface area contributed by atoms with Crippen molar-refractivity contribution in [1.29, 1.82) is 0 Å². The van der Waals surface area contributed by atoms with E-state index in [4.69, 9.17) is 5.73 Å². The first kappa shape index (κ1) is 16.4. The number of sulfonamides is 1. The second-order valence-electron chi connectivity index (χ2n) is 6.15. The lowest BCUT2D eigenvalue weighted by molar-refractivity contribution is -0.123. The summed E-state index contributed by atoms with van der Waals surface area (Å²) < 4.78 is 39.4. The Bertz CT molecular complexity index is 696. The van der Waals surface area contributed by atoms with Gasteiger partial charge in [0, 0.05) is 25.0 Å². The number of rotatable bonds is 4. The minimum absolute atomic E-state index is 0.0108. The van der Waals surface area contributed by atoms with Crippen LogP contribution < -0.4 is 5.73 Å². The lowest BCUT2D eigenvalue weighted by Gasteiger charge is -2.46. The van der Waals surface area contributed by atoms with Gasteiger partial charge in [-0.1, -0.05) is 6.07 Å². The fourth-order valence-corrected chi connectivity index (χ4v) is 4.72. The lowest BCUT2D eigenvalue weighted by atomic mass is 9.94. The summed E-state index contributed by atoms with van der Waals surface area (Å²) >= 11 is 0.